The van der Waals surface area contributed by atoms with Crippen LogP contribution in [0, 0.1) is 0 Å². The van der Waals surface area contributed by atoms with Gasteiger partial charge < -0.3 is 9.80 Å². The van der Waals surface area contributed by atoms with Crippen molar-refractivity contribution in [1.29, 1.82) is 0 Å². The Morgan fingerprint density at radius 2 is 2.00 bits per heavy atom. The summed E-state index contributed by atoms with van der Waals surface area (Å²) in [5.74, 6) is 0.0645. The molecule has 0 atom stereocenters. The lowest BCUT2D eigenvalue weighted by Crippen LogP contribution is -2.30. The van der Waals surface area contributed by atoms with Gasteiger partial charge in [0.05, 0.1) is 22.3 Å². The third-order valence-electron chi connectivity index (χ3n) is 4.48. The van der Waals surface area contributed by atoms with Crippen LogP contribution in [0.4, 0.5) is 5.69 Å². The van der Waals surface area contributed by atoms with E-state index < -0.39 is 0 Å². The van der Waals surface area contributed by atoms with E-state index in [2.05, 4.69) is 4.90 Å². The Morgan fingerprint density at radius 3 is 2.79 bits per heavy atom. The summed E-state index contributed by atoms with van der Waals surface area (Å²) in [5.41, 5.74) is 3.34. The predicted molar refractivity (Wildman–Crippen MR) is 99.1 cm³/mol. The molecule has 1 aromatic heterocycles. The summed E-state index contributed by atoms with van der Waals surface area (Å²) in [5, 5.41) is 2.47. The fourth-order valence-electron chi connectivity index (χ4n) is 3.41. The molecule has 5 heteroatoms. The van der Waals surface area contributed by atoms with E-state index in [9.17, 15) is 4.79 Å². The second-order valence-corrected chi connectivity index (χ2v) is 6.87. The van der Waals surface area contributed by atoms with E-state index in [1.807, 2.05) is 55.4 Å². The van der Waals surface area contributed by atoms with Crippen LogP contribution < -0.4 is 4.90 Å². The Balaban J connectivity index is 1.87. The number of amides is 1. The van der Waals surface area contributed by atoms with E-state index in [4.69, 9.17) is 16.6 Å². The molecule has 0 bridgehead atoms. The lowest BCUT2D eigenvalue weighted by Gasteiger charge is -2.19. The fraction of sp³-hybridized carbons (Fsp3) is 0.263. The van der Waals surface area contributed by atoms with E-state index in [0.29, 0.717) is 11.6 Å². The van der Waals surface area contributed by atoms with Crippen molar-refractivity contribution in [1.82, 2.24) is 9.88 Å². The van der Waals surface area contributed by atoms with E-state index in [0.717, 1.165) is 46.0 Å². The first-order valence-corrected chi connectivity index (χ1v) is 8.42. The van der Waals surface area contributed by atoms with Crippen molar-refractivity contribution < 1.29 is 4.79 Å². The number of aromatic nitrogens is 1. The number of rotatable bonds is 4. The lowest BCUT2D eigenvalue weighted by atomic mass is 10.0. The number of fused-ring (bicyclic) bond motifs is 2. The summed E-state index contributed by atoms with van der Waals surface area (Å²) in [4.78, 5) is 21.8. The number of hydrogen-bond acceptors (Lipinski definition) is 3. The third-order valence-corrected chi connectivity index (χ3v) is 4.71. The molecule has 0 aliphatic carbocycles. The van der Waals surface area contributed by atoms with Crippen LogP contribution in [0.15, 0.2) is 36.4 Å². The largest absolute Gasteiger partial charge is 0.309 e. The summed E-state index contributed by atoms with van der Waals surface area (Å²) in [6, 6.07) is 11.5. The molecule has 0 fully saturated rings. The van der Waals surface area contributed by atoms with Gasteiger partial charge in [0.25, 0.3) is 5.91 Å². The minimum absolute atomic E-state index is 0.0645. The van der Waals surface area contributed by atoms with Crippen LogP contribution in [0.25, 0.3) is 21.8 Å². The van der Waals surface area contributed by atoms with Gasteiger partial charge in [0.1, 0.15) is 0 Å². The first kappa shape index (κ1) is 15.4. The molecule has 1 aliphatic heterocycles. The van der Waals surface area contributed by atoms with Crippen LogP contribution >= 0.6 is 11.6 Å². The Labute approximate surface area is 145 Å². The standard InChI is InChI=1S/C19H18ClN3O/c1-22(2)9-4-10-23-16-6-3-5-14-18(16)17(19(23)24)13-8-7-12(20)11-15(13)21-14/h3,5-8,11H,4,9-10H2,1-2H3. The number of carbonyl (C=O) groups is 1. The van der Waals surface area contributed by atoms with Gasteiger partial charge in [-0.25, -0.2) is 4.98 Å². The maximum absolute atomic E-state index is 13.1. The quantitative estimate of drug-likeness (QED) is 0.675. The normalized spacial score (nSPS) is 13.7. The zero-order valence-electron chi connectivity index (χ0n) is 13.7. The van der Waals surface area contributed by atoms with Gasteiger partial charge in [0.2, 0.25) is 0 Å². The Kier molecular flexibility index (Phi) is 3.66. The van der Waals surface area contributed by atoms with E-state index in [-0.39, 0.29) is 5.91 Å². The number of nitrogens with zero attached hydrogens (tertiary/aromatic N) is 3. The van der Waals surface area contributed by atoms with Gasteiger partial charge in [0.15, 0.2) is 0 Å². The summed E-state index contributed by atoms with van der Waals surface area (Å²) in [6.45, 7) is 1.66. The van der Waals surface area contributed by atoms with E-state index in [1.54, 1.807) is 0 Å². The molecule has 0 unspecified atom stereocenters. The van der Waals surface area contributed by atoms with Gasteiger partial charge in [-0.3, -0.25) is 4.79 Å². The second kappa shape index (κ2) is 5.72. The molecule has 4 rings (SSSR count). The van der Waals surface area contributed by atoms with Crippen LogP contribution in [-0.4, -0.2) is 43.0 Å². The van der Waals surface area contributed by atoms with Gasteiger partial charge in [-0.15, -0.1) is 0 Å². The number of pyridine rings is 1. The molecule has 2 heterocycles. The van der Waals surface area contributed by atoms with Gasteiger partial charge in [-0.1, -0.05) is 23.7 Å². The highest BCUT2D eigenvalue weighted by molar-refractivity contribution is 6.33. The molecule has 0 N–H and O–H groups in total. The van der Waals surface area contributed by atoms with Crippen LogP contribution in [0.3, 0.4) is 0 Å². The lowest BCUT2D eigenvalue weighted by molar-refractivity contribution is 0.0993. The molecule has 0 saturated heterocycles. The van der Waals surface area contributed by atoms with Gasteiger partial charge >= 0.3 is 0 Å². The van der Waals surface area contributed by atoms with Crippen LogP contribution in [0.1, 0.15) is 16.8 Å². The molecule has 3 aromatic rings. The number of hydrogen-bond donors (Lipinski definition) is 0. The molecule has 0 spiro atoms. The molecule has 1 aliphatic rings. The third kappa shape index (κ3) is 2.34. The molecule has 1 amide bonds. The molecular formula is C19H18ClN3O. The van der Waals surface area contributed by atoms with Crippen molar-refractivity contribution >= 4 is 45.0 Å². The van der Waals surface area contributed by atoms with Crippen molar-refractivity contribution in [3.05, 3.63) is 47.0 Å². The Hall–Kier alpha value is -2.17. The number of anilines is 1. The fourth-order valence-corrected chi connectivity index (χ4v) is 3.58. The van der Waals surface area contributed by atoms with Gasteiger partial charge in [-0.2, -0.15) is 0 Å². The van der Waals surface area contributed by atoms with Crippen LogP contribution in [-0.2, 0) is 0 Å². The first-order valence-electron chi connectivity index (χ1n) is 8.05. The summed E-state index contributed by atoms with van der Waals surface area (Å²) in [7, 11) is 4.09. The van der Waals surface area contributed by atoms with Crippen molar-refractivity contribution in [2.75, 3.05) is 32.1 Å². The highest BCUT2D eigenvalue weighted by Gasteiger charge is 2.31. The maximum atomic E-state index is 13.1. The monoisotopic (exact) mass is 339 g/mol. The predicted octanol–water partition coefficient (Wildman–Crippen LogP) is 3.95. The highest BCUT2D eigenvalue weighted by Crippen LogP contribution is 2.40. The average molecular weight is 340 g/mol. The minimum atomic E-state index is 0.0645. The second-order valence-electron chi connectivity index (χ2n) is 6.43. The van der Waals surface area contributed by atoms with Crippen molar-refractivity contribution in [2.45, 2.75) is 6.42 Å². The van der Waals surface area contributed by atoms with Crippen molar-refractivity contribution in [3.63, 3.8) is 0 Å². The number of carbonyl (C=O) groups excluding carboxylic acids is 1. The highest BCUT2D eigenvalue weighted by atomic mass is 35.5. The van der Waals surface area contributed by atoms with E-state index in [1.165, 1.54) is 0 Å². The van der Waals surface area contributed by atoms with Gasteiger partial charge in [0, 0.05) is 22.3 Å². The molecule has 2 aromatic carbocycles. The zero-order valence-corrected chi connectivity index (χ0v) is 14.5. The van der Waals surface area contributed by atoms with Crippen molar-refractivity contribution in [2.24, 2.45) is 0 Å². The molecule has 0 saturated carbocycles. The summed E-state index contributed by atoms with van der Waals surface area (Å²) < 4.78 is 0. The zero-order chi connectivity index (χ0) is 16.8. The maximum Gasteiger partial charge on any atom is 0.259 e. The molecule has 0 radical (unpaired) electrons. The average Bonchev–Trinajstić information content (AvgIpc) is 2.82. The molecular weight excluding hydrogens is 322 g/mol. The summed E-state index contributed by atoms with van der Waals surface area (Å²) >= 11 is 6.10. The topological polar surface area (TPSA) is 36.4 Å². The SMILES string of the molecule is CN(C)CCCN1C(=O)c2c3ccc(Cl)cc3nc3cccc1c23. The summed E-state index contributed by atoms with van der Waals surface area (Å²) in [6.07, 6.45) is 0.931. The van der Waals surface area contributed by atoms with Crippen LogP contribution in [0.5, 0.6) is 0 Å². The Bertz CT molecular complexity index is 968. The number of benzene rings is 2. The smallest absolute Gasteiger partial charge is 0.259 e. The molecule has 4 nitrogen and oxygen atoms in total. The molecule has 122 valence electrons. The van der Waals surface area contributed by atoms with Gasteiger partial charge in [-0.05, 0) is 51.3 Å². The van der Waals surface area contributed by atoms with Crippen molar-refractivity contribution in [3.8, 4) is 0 Å². The first-order chi connectivity index (χ1) is 11.6. The Morgan fingerprint density at radius 1 is 1.17 bits per heavy atom. The van der Waals surface area contributed by atoms with Crippen LogP contribution in [0.2, 0.25) is 5.02 Å². The van der Waals surface area contributed by atoms with E-state index >= 15 is 0 Å². The minimum Gasteiger partial charge on any atom is -0.309 e. The molecule has 24 heavy (non-hydrogen) atoms. The number of halogens is 1.